The fourth-order valence-corrected chi connectivity index (χ4v) is 3.64. The summed E-state index contributed by atoms with van der Waals surface area (Å²) in [6.45, 7) is 4.15. The van der Waals surface area contributed by atoms with E-state index in [1.165, 1.54) is 16.8 Å². The first kappa shape index (κ1) is 21.9. The van der Waals surface area contributed by atoms with Gasteiger partial charge >= 0.3 is 0 Å². The van der Waals surface area contributed by atoms with Crippen LogP contribution in [0.4, 0.5) is 4.39 Å². The molecule has 7 heteroatoms. The second-order valence-electron chi connectivity index (χ2n) is 7.60. The van der Waals surface area contributed by atoms with Gasteiger partial charge in [0.15, 0.2) is 0 Å². The fourth-order valence-electron chi connectivity index (χ4n) is 3.28. The van der Waals surface area contributed by atoms with E-state index in [9.17, 15) is 9.18 Å². The van der Waals surface area contributed by atoms with Crippen LogP contribution in [0.25, 0.3) is 10.9 Å². The molecule has 0 saturated carbocycles. The van der Waals surface area contributed by atoms with E-state index in [1.54, 1.807) is 24.4 Å². The zero-order chi connectivity index (χ0) is 22.7. The molecule has 1 heterocycles. The van der Waals surface area contributed by atoms with Crippen molar-refractivity contribution in [3.05, 3.63) is 104 Å². The molecule has 0 amide bonds. The van der Waals surface area contributed by atoms with Crippen LogP contribution in [0.2, 0.25) is 0 Å². The number of nitrogens with zero attached hydrogens (tertiary/aromatic N) is 3. The molecule has 0 aliphatic heterocycles. The minimum atomic E-state index is -0.308. The first-order valence-electron chi connectivity index (χ1n) is 10.1. The highest BCUT2D eigenvalue weighted by Gasteiger charge is 2.14. The van der Waals surface area contributed by atoms with Gasteiger partial charge in [-0.25, -0.2) is 9.37 Å². The standard InChI is InChI=1S/C25H21BrFN3O2/c1-16(2)24-29-22-11-10-19(26)13-21(22)25(31)30(24)28-14-18-7-3-4-9-23(18)32-15-17-6-5-8-20(27)12-17/h3-14,16H,15H2,1-2H3. The van der Waals surface area contributed by atoms with Gasteiger partial charge in [-0.3, -0.25) is 4.79 Å². The molecule has 32 heavy (non-hydrogen) atoms. The average Bonchev–Trinajstić information content (AvgIpc) is 2.78. The number of halogens is 2. The van der Waals surface area contributed by atoms with Crippen LogP contribution in [0.3, 0.4) is 0 Å². The fraction of sp³-hybridized carbons (Fsp3) is 0.160. The molecule has 0 aliphatic rings. The third-order valence-corrected chi connectivity index (χ3v) is 5.36. The summed E-state index contributed by atoms with van der Waals surface area (Å²) in [6.07, 6.45) is 1.58. The third-order valence-electron chi connectivity index (χ3n) is 4.86. The maximum Gasteiger partial charge on any atom is 0.282 e. The number of aromatic nitrogens is 2. The minimum Gasteiger partial charge on any atom is -0.488 e. The van der Waals surface area contributed by atoms with Crippen molar-refractivity contribution in [1.82, 2.24) is 9.66 Å². The Kier molecular flexibility index (Phi) is 6.46. The summed E-state index contributed by atoms with van der Waals surface area (Å²) in [5, 5.41) is 4.95. The van der Waals surface area contributed by atoms with E-state index in [4.69, 9.17) is 4.74 Å². The highest BCUT2D eigenvalue weighted by Crippen LogP contribution is 2.20. The van der Waals surface area contributed by atoms with E-state index >= 15 is 0 Å². The van der Waals surface area contributed by atoms with Crippen LogP contribution in [0, 0.1) is 5.82 Å². The van der Waals surface area contributed by atoms with Gasteiger partial charge in [-0.2, -0.15) is 9.78 Å². The SMILES string of the molecule is CC(C)c1nc2ccc(Br)cc2c(=O)n1N=Cc1ccccc1OCc1cccc(F)c1. The van der Waals surface area contributed by atoms with Gasteiger partial charge in [0.25, 0.3) is 5.56 Å². The molecule has 0 spiro atoms. The second-order valence-corrected chi connectivity index (χ2v) is 8.52. The molecule has 3 aromatic carbocycles. The molecule has 0 aliphatic carbocycles. The molecular weight excluding hydrogens is 473 g/mol. The predicted octanol–water partition coefficient (Wildman–Crippen LogP) is 5.88. The highest BCUT2D eigenvalue weighted by molar-refractivity contribution is 9.10. The highest BCUT2D eigenvalue weighted by atomic mass is 79.9. The van der Waals surface area contributed by atoms with Gasteiger partial charge in [0, 0.05) is 16.0 Å². The Labute approximate surface area is 193 Å². The van der Waals surface area contributed by atoms with Crippen LogP contribution in [0.1, 0.15) is 36.7 Å². The summed E-state index contributed by atoms with van der Waals surface area (Å²) in [4.78, 5) is 17.8. The van der Waals surface area contributed by atoms with Gasteiger partial charge in [0.05, 0.1) is 17.1 Å². The molecule has 4 rings (SSSR count). The largest absolute Gasteiger partial charge is 0.488 e. The van der Waals surface area contributed by atoms with E-state index in [0.717, 1.165) is 10.0 Å². The summed E-state index contributed by atoms with van der Waals surface area (Å²) in [5.74, 6) is 0.833. The lowest BCUT2D eigenvalue weighted by atomic mass is 10.2. The summed E-state index contributed by atoms with van der Waals surface area (Å²) in [7, 11) is 0. The van der Waals surface area contributed by atoms with Crippen LogP contribution in [-0.2, 0) is 6.61 Å². The Morgan fingerprint density at radius 3 is 2.72 bits per heavy atom. The zero-order valence-electron chi connectivity index (χ0n) is 17.6. The Morgan fingerprint density at radius 1 is 1.12 bits per heavy atom. The third kappa shape index (κ3) is 4.78. The number of hydrogen-bond acceptors (Lipinski definition) is 4. The lowest BCUT2D eigenvalue weighted by Gasteiger charge is -2.12. The molecule has 0 unspecified atom stereocenters. The van der Waals surface area contributed by atoms with Gasteiger partial charge in [-0.15, -0.1) is 0 Å². The molecule has 1 aromatic heterocycles. The van der Waals surface area contributed by atoms with Crippen molar-refractivity contribution in [3.63, 3.8) is 0 Å². The Bertz CT molecular complexity index is 1370. The van der Waals surface area contributed by atoms with Crippen molar-refractivity contribution in [2.24, 2.45) is 5.10 Å². The number of benzene rings is 3. The number of ether oxygens (including phenoxy) is 1. The smallest absolute Gasteiger partial charge is 0.282 e. The van der Waals surface area contributed by atoms with Gasteiger partial charge in [-0.1, -0.05) is 54.0 Å². The van der Waals surface area contributed by atoms with Crippen LogP contribution in [0.15, 0.2) is 81.1 Å². The van der Waals surface area contributed by atoms with E-state index in [-0.39, 0.29) is 23.9 Å². The molecule has 0 atom stereocenters. The van der Waals surface area contributed by atoms with Crippen molar-refractivity contribution in [1.29, 1.82) is 0 Å². The average molecular weight is 494 g/mol. The van der Waals surface area contributed by atoms with Crippen LogP contribution in [-0.4, -0.2) is 15.9 Å². The quantitative estimate of drug-likeness (QED) is 0.315. The minimum absolute atomic E-state index is 0.00707. The first-order chi connectivity index (χ1) is 15.4. The molecule has 4 aromatic rings. The predicted molar refractivity (Wildman–Crippen MR) is 128 cm³/mol. The van der Waals surface area contributed by atoms with Crippen molar-refractivity contribution < 1.29 is 9.13 Å². The molecule has 5 nitrogen and oxygen atoms in total. The monoisotopic (exact) mass is 493 g/mol. The Balaban J connectivity index is 1.70. The molecule has 0 bridgehead atoms. The number of para-hydroxylation sites is 1. The Morgan fingerprint density at radius 2 is 1.94 bits per heavy atom. The van der Waals surface area contributed by atoms with Gasteiger partial charge in [-0.05, 0) is 48.0 Å². The van der Waals surface area contributed by atoms with Crippen LogP contribution >= 0.6 is 15.9 Å². The lowest BCUT2D eigenvalue weighted by molar-refractivity contribution is 0.305. The molecule has 0 saturated heterocycles. The molecule has 0 radical (unpaired) electrons. The summed E-state index contributed by atoms with van der Waals surface area (Å²) >= 11 is 3.41. The number of fused-ring (bicyclic) bond motifs is 1. The maximum atomic E-state index is 13.4. The van der Waals surface area contributed by atoms with Crippen molar-refractivity contribution in [3.8, 4) is 5.75 Å². The lowest BCUT2D eigenvalue weighted by Crippen LogP contribution is -2.23. The van der Waals surface area contributed by atoms with E-state index in [2.05, 4.69) is 26.0 Å². The van der Waals surface area contributed by atoms with Crippen LogP contribution < -0.4 is 10.3 Å². The van der Waals surface area contributed by atoms with Gasteiger partial charge < -0.3 is 4.74 Å². The molecular formula is C25H21BrFN3O2. The van der Waals surface area contributed by atoms with Crippen molar-refractivity contribution in [2.75, 3.05) is 0 Å². The summed E-state index contributed by atoms with van der Waals surface area (Å²) in [6, 6.07) is 19.1. The van der Waals surface area contributed by atoms with Crippen LogP contribution in [0.5, 0.6) is 5.75 Å². The molecule has 0 fully saturated rings. The van der Waals surface area contributed by atoms with Crippen molar-refractivity contribution >= 4 is 33.0 Å². The summed E-state index contributed by atoms with van der Waals surface area (Å²) < 4.78 is 21.5. The first-order valence-corrected chi connectivity index (χ1v) is 10.9. The van der Waals surface area contributed by atoms with Gasteiger partial charge in [0.2, 0.25) is 0 Å². The van der Waals surface area contributed by atoms with Crippen molar-refractivity contribution in [2.45, 2.75) is 26.4 Å². The molecule has 0 N–H and O–H groups in total. The molecule has 162 valence electrons. The zero-order valence-corrected chi connectivity index (χ0v) is 19.2. The topological polar surface area (TPSA) is 56.5 Å². The number of hydrogen-bond donors (Lipinski definition) is 0. The maximum absolute atomic E-state index is 13.4. The van der Waals surface area contributed by atoms with E-state index in [0.29, 0.717) is 28.0 Å². The Hall–Kier alpha value is -3.32. The van der Waals surface area contributed by atoms with E-state index < -0.39 is 0 Å². The summed E-state index contributed by atoms with van der Waals surface area (Å²) in [5.41, 5.74) is 1.81. The second kappa shape index (κ2) is 9.44. The van der Waals surface area contributed by atoms with E-state index in [1.807, 2.05) is 50.2 Å². The number of rotatable bonds is 6. The normalized spacial score (nSPS) is 11.5. The van der Waals surface area contributed by atoms with Gasteiger partial charge in [0.1, 0.15) is 24.0 Å².